The maximum atomic E-state index is 8.67. The third kappa shape index (κ3) is 32.8. The average molecular weight is 241 g/mol. The number of rotatable bonds is 0. The van der Waals surface area contributed by atoms with E-state index in [1.165, 1.54) is 0 Å². The molecule has 0 atom stereocenters. The maximum absolute atomic E-state index is 8.67. The monoisotopic (exact) mass is 241 g/mol. The molecule has 5 heteroatoms. The van der Waals surface area contributed by atoms with Crippen LogP contribution in [0.15, 0.2) is 0 Å². The van der Waals surface area contributed by atoms with Crippen LogP contribution in [-0.4, -0.2) is 13.3 Å². The summed E-state index contributed by atoms with van der Waals surface area (Å²) in [5.74, 6) is 0. The standard InChI is InChI=1S/H2O3S.Tb/c1-4(2)3;/h(H2,1,2,3);. The van der Waals surface area contributed by atoms with Crippen molar-refractivity contribution in [2.75, 3.05) is 0 Å². The molecule has 0 aromatic rings. The van der Waals surface area contributed by atoms with Crippen LogP contribution in [0.3, 0.4) is 0 Å². The molecule has 0 unspecified atom stereocenters. The quantitative estimate of drug-likeness (QED) is 0.571. The zero-order chi connectivity index (χ0) is 3.58. The SMILES string of the molecule is O=S(O)O.[Tb]. The van der Waals surface area contributed by atoms with Crippen LogP contribution >= 0.6 is 0 Å². The average Bonchev–Trinajstić information content (AvgIpc) is 0.811. The first-order valence-corrected chi connectivity index (χ1v) is 1.60. The van der Waals surface area contributed by atoms with Gasteiger partial charge in [0.15, 0.2) is 0 Å². The minimum atomic E-state index is -2.61. The van der Waals surface area contributed by atoms with Gasteiger partial charge in [-0.15, -0.1) is 0 Å². The molecular weight excluding hydrogens is 239 g/mol. The van der Waals surface area contributed by atoms with Crippen molar-refractivity contribution < 1.29 is 51.9 Å². The molecule has 0 bridgehead atoms. The van der Waals surface area contributed by atoms with Crippen LogP contribution in [0.5, 0.6) is 0 Å². The van der Waals surface area contributed by atoms with Crippen LogP contribution in [0.25, 0.3) is 0 Å². The minimum Gasteiger partial charge on any atom is -0.284 e. The van der Waals surface area contributed by atoms with E-state index in [2.05, 4.69) is 0 Å². The Kier molecular flexibility index (Phi) is 10.3. The third-order valence-electron chi connectivity index (χ3n) is 0. The van der Waals surface area contributed by atoms with Crippen molar-refractivity contribution in [3.8, 4) is 0 Å². The summed E-state index contributed by atoms with van der Waals surface area (Å²) in [5.41, 5.74) is 0. The summed E-state index contributed by atoms with van der Waals surface area (Å²) < 4.78 is 22.8. The van der Waals surface area contributed by atoms with Gasteiger partial charge in [0.25, 0.3) is 11.4 Å². The Morgan fingerprint density at radius 3 is 1.40 bits per heavy atom. The second kappa shape index (κ2) is 5.36. The molecule has 1 radical (unpaired) electrons. The van der Waals surface area contributed by atoms with Gasteiger partial charge in [0.05, 0.1) is 0 Å². The second-order valence-corrected chi connectivity index (χ2v) is 0.692. The fraction of sp³-hybridized carbons (Fsp3) is 0. The van der Waals surface area contributed by atoms with Gasteiger partial charge in [-0.1, -0.05) is 0 Å². The smallest absolute Gasteiger partial charge is 0.284 e. The Morgan fingerprint density at radius 2 is 1.40 bits per heavy atom. The predicted molar refractivity (Wildman–Crippen MR) is 13.4 cm³/mol. The van der Waals surface area contributed by atoms with Gasteiger partial charge in [0.2, 0.25) is 0 Å². The van der Waals surface area contributed by atoms with Crippen molar-refractivity contribution in [1.82, 2.24) is 0 Å². The van der Waals surface area contributed by atoms with Gasteiger partial charge in [-0.05, 0) is 0 Å². The van der Waals surface area contributed by atoms with E-state index in [0.29, 0.717) is 0 Å². The second-order valence-electron chi connectivity index (χ2n) is 0.231. The van der Waals surface area contributed by atoms with Crippen molar-refractivity contribution in [3.05, 3.63) is 0 Å². The molecule has 0 fully saturated rings. The predicted octanol–water partition coefficient (Wildman–Crippen LogP) is -0.319. The zero-order valence-electron chi connectivity index (χ0n) is 2.04. The van der Waals surface area contributed by atoms with E-state index in [4.69, 9.17) is 13.3 Å². The van der Waals surface area contributed by atoms with E-state index in [1.54, 1.807) is 0 Å². The van der Waals surface area contributed by atoms with Gasteiger partial charge >= 0.3 is 0 Å². The van der Waals surface area contributed by atoms with Crippen LogP contribution in [0.2, 0.25) is 0 Å². The molecule has 0 saturated heterocycles. The van der Waals surface area contributed by atoms with Crippen LogP contribution in [-0.2, 0) is 11.4 Å². The molecule has 0 saturated carbocycles. The molecule has 0 rings (SSSR count). The van der Waals surface area contributed by atoms with Gasteiger partial charge in [-0.3, -0.25) is 9.11 Å². The summed E-state index contributed by atoms with van der Waals surface area (Å²) in [5, 5.41) is 0. The molecule has 0 aromatic heterocycles. The Bertz CT molecular complexity index is 29.9. The summed E-state index contributed by atoms with van der Waals surface area (Å²) in [4.78, 5) is 0. The van der Waals surface area contributed by atoms with E-state index in [-0.39, 0.29) is 38.6 Å². The van der Waals surface area contributed by atoms with Gasteiger partial charge < -0.3 is 0 Å². The largest absolute Gasteiger partial charge is 0.299 e. The van der Waals surface area contributed by atoms with E-state index >= 15 is 0 Å². The van der Waals surface area contributed by atoms with E-state index in [9.17, 15) is 0 Å². The van der Waals surface area contributed by atoms with Crippen LogP contribution < -0.4 is 0 Å². The van der Waals surface area contributed by atoms with Crippen LogP contribution in [0.1, 0.15) is 0 Å². The van der Waals surface area contributed by atoms with Crippen molar-refractivity contribution in [1.29, 1.82) is 0 Å². The fourth-order valence-electron chi connectivity index (χ4n) is 0. The first kappa shape index (κ1) is 9.61. The summed E-state index contributed by atoms with van der Waals surface area (Å²) >= 11 is -2.61. The zero-order valence-corrected chi connectivity index (χ0v) is 5.00. The molecular formula is H2O3STb. The minimum absolute atomic E-state index is 0. The molecule has 0 aliphatic heterocycles. The van der Waals surface area contributed by atoms with Crippen molar-refractivity contribution in [2.45, 2.75) is 0 Å². The molecule has 0 amide bonds. The fourth-order valence-corrected chi connectivity index (χ4v) is 0. The molecule has 0 spiro atoms. The normalized spacial score (nSPS) is 7.00. The van der Waals surface area contributed by atoms with E-state index in [1.807, 2.05) is 0 Å². The Hall–Kier alpha value is 1.36. The molecule has 0 aliphatic rings. The first-order chi connectivity index (χ1) is 1.73. The summed E-state index contributed by atoms with van der Waals surface area (Å²) in [7, 11) is 0. The summed E-state index contributed by atoms with van der Waals surface area (Å²) in [6, 6.07) is 0. The van der Waals surface area contributed by atoms with Crippen molar-refractivity contribution in [2.24, 2.45) is 0 Å². The van der Waals surface area contributed by atoms with Gasteiger partial charge in [0.1, 0.15) is 0 Å². The van der Waals surface area contributed by atoms with Crippen LogP contribution in [0.4, 0.5) is 0 Å². The molecule has 0 aromatic carbocycles. The molecule has 0 heterocycles. The molecule has 2 N–H and O–H groups in total. The Morgan fingerprint density at radius 1 is 1.40 bits per heavy atom. The molecule has 0 aliphatic carbocycles. The van der Waals surface area contributed by atoms with Gasteiger partial charge in [-0.2, -0.15) is 4.21 Å². The number of hydrogen-bond donors (Lipinski definition) is 2. The topological polar surface area (TPSA) is 57.5 Å². The van der Waals surface area contributed by atoms with E-state index < -0.39 is 11.4 Å². The molecule has 3 nitrogen and oxygen atoms in total. The van der Waals surface area contributed by atoms with E-state index in [0.717, 1.165) is 0 Å². The summed E-state index contributed by atoms with van der Waals surface area (Å²) in [6.45, 7) is 0. The molecule has 35 valence electrons. The van der Waals surface area contributed by atoms with Crippen LogP contribution in [0, 0.1) is 38.6 Å². The first-order valence-electron chi connectivity index (χ1n) is 0.532. The molecule has 5 heavy (non-hydrogen) atoms. The van der Waals surface area contributed by atoms with Gasteiger partial charge in [0, 0.05) is 38.6 Å². The Balaban J connectivity index is 0. The third-order valence-corrected chi connectivity index (χ3v) is 0. The number of hydrogen-bond acceptors (Lipinski definition) is 1. The van der Waals surface area contributed by atoms with Crippen molar-refractivity contribution in [3.63, 3.8) is 0 Å². The Labute approximate surface area is 62.7 Å². The maximum Gasteiger partial charge on any atom is 0.299 e. The summed E-state index contributed by atoms with van der Waals surface area (Å²) in [6.07, 6.45) is 0. The van der Waals surface area contributed by atoms with Gasteiger partial charge in [-0.25, -0.2) is 0 Å². The van der Waals surface area contributed by atoms with Crippen molar-refractivity contribution >= 4 is 11.4 Å².